The number of amides is 1. The first-order valence-electron chi connectivity index (χ1n) is 11.0. The van der Waals surface area contributed by atoms with E-state index in [0.29, 0.717) is 34.7 Å². The average Bonchev–Trinajstić information content (AvgIpc) is 3.10. The molecule has 1 atom stereocenters. The largest absolute Gasteiger partial charge is 0.506 e. The van der Waals surface area contributed by atoms with Gasteiger partial charge in [0.2, 0.25) is 5.91 Å². The van der Waals surface area contributed by atoms with Crippen molar-refractivity contribution in [1.82, 2.24) is 14.9 Å². The minimum Gasteiger partial charge on any atom is -0.506 e. The topological polar surface area (TPSA) is 117 Å². The van der Waals surface area contributed by atoms with Gasteiger partial charge in [-0.2, -0.15) is 0 Å². The molecule has 36 heavy (non-hydrogen) atoms. The quantitative estimate of drug-likeness (QED) is 0.489. The van der Waals surface area contributed by atoms with Crippen molar-refractivity contribution < 1.29 is 14.3 Å². The normalized spacial score (nSPS) is 19.1. The van der Waals surface area contributed by atoms with Crippen LogP contribution in [0.15, 0.2) is 65.9 Å². The lowest BCUT2D eigenvalue weighted by atomic mass is 9.77. The summed E-state index contributed by atoms with van der Waals surface area (Å²) in [6.45, 7) is 5.78. The van der Waals surface area contributed by atoms with E-state index in [9.17, 15) is 14.3 Å². The molecule has 2 aromatic carbocycles. The second-order valence-corrected chi connectivity index (χ2v) is 9.24. The smallest absolute Gasteiger partial charge is 0.240 e. The molecule has 2 aliphatic rings. The first-order valence-corrected chi connectivity index (χ1v) is 11.4. The number of aliphatic imine (C=N–C) groups is 1. The van der Waals surface area contributed by atoms with Gasteiger partial charge in [-0.3, -0.25) is 4.79 Å². The van der Waals surface area contributed by atoms with Gasteiger partial charge < -0.3 is 21.1 Å². The number of phenolic OH excluding ortho intramolecular Hbond substituents is 1. The third-order valence-electron chi connectivity index (χ3n) is 6.49. The van der Waals surface area contributed by atoms with Gasteiger partial charge in [0.15, 0.2) is 5.82 Å². The molecule has 5 rings (SSSR count). The summed E-state index contributed by atoms with van der Waals surface area (Å²) in [5.74, 6) is -0.222. The molecular formula is C26H22ClFN6O2. The fourth-order valence-corrected chi connectivity index (χ4v) is 4.49. The Labute approximate surface area is 211 Å². The predicted octanol–water partition coefficient (Wildman–Crippen LogP) is 4.26. The van der Waals surface area contributed by atoms with Crippen molar-refractivity contribution in [1.29, 1.82) is 0 Å². The van der Waals surface area contributed by atoms with Crippen LogP contribution in [0.5, 0.6) is 5.75 Å². The molecule has 1 unspecified atom stereocenters. The van der Waals surface area contributed by atoms with E-state index in [1.165, 1.54) is 24.3 Å². The van der Waals surface area contributed by atoms with E-state index in [1.54, 1.807) is 36.2 Å². The van der Waals surface area contributed by atoms with Gasteiger partial charge in [0, 0.05) is 19.7 Å². The molecule has 0 bridgehead atoms. The summed E-state index contributed by atoms with van der Waals surface area (Å²) in [6.07, 6.45) is 2.15. The molecule has 2 aliphatic heterocycles. The summed E-state index contributed by atoms with van der Waals surface area (Å²) in [7, 11) is 1.82. The van der Waals surface area contributed by atoms with Crippen LogP contribution in [0.4, 0.5) is 16.0 Å². The molecule has 10 heteroatoms. The van der Waals surface area contributed by atoms with Crippen molar-refractivity contribution in [3.05, 3.63) is 94.3 Å². The number of phenols is 1. The predicted molar refractivity (Wildman–Crippen MR) is 137 cm³/mol. The number of anilines is 2. The van der Waals surface area contributed by atoms with Gasteiger partial charge in [-0.1, -0.05) is 36.4 Å². The molecule has 0 aliphatic carbocycles. The Morgan fingerprint density at radius 3 is 2.64 bits per heavy atom. The minimum atomic E-state index is -1.23. The summed E-state index contributed by atoms with van der Waals surface area (Å²) in [4.78, 5) is 28.7. The first-order chi connectivity index (χ1) is 17.1. The number of carbonyl (C=O) groups excluding carboxylic acids is 1. The van der Waals surface area contributed by atoms with E-state index in [-0.39, 0.29) is 40.0 Å². The van der Waals surface area contributed by atoms with Crippen LogP contribution in [-0.2, 0) is 16.6 Å². The van der Waals surface area contributed by atoms with E-state index < -0.39 is 5.41 Å². The van der Waals surface area contributed by atoms with Crippen LogP contribution in [0.3, 0.4) is 0 Å². The zero-order valence-corrected chi connectivity index (χ0v) is 20.3. The van der Waals surface area contributed by atoms with Gasteiger partial charge in [0.25, 0.3) is 0 Å². The van der Waals surface area contributed by atoms with Crippen LogP contribution in [0, 0.1) is 5.82 Å². The number of hydrogen-bond donors (Lipinski definition) is 3. The molecule has 0 saturated heterocycles. The van der Waals surface area contributed by atoms with Crippen molar-refractivity contribution in [3.63, 3.8) is 0 Å². The number of benzene rings is 2. The summed E-state index contributed by atoms with van der Waals surface area (Å²) in [5.41, 5.74) is 8.70. The number of aromatic hydroxyl groups is 1. The molecule has 8 nitrogen and oxygen atoms in total. The van der Waals surface area contributed by atoms with E-state index in [4.69, 9.17) is 22.3 Å². The summed E-state index contributed by atoms with van der Waals surface area (Å²) in [5, 5.41) is 13.1. The SMILES string of the molecule is C=C1C(Cc2ccc(F)cc2)=NC(c2nc(N)c3c(n2)NC(=O)C3(C)c2ccc(Cl)c(O)c2)=CN1C. The minimum absolute atomic E-state index is 0.105. The van der Waals surface area contributed by atoms with E-state index in [0.717, 1.165) is 5.56 Å². The third kappa shape index (κ3) is 3.77. The molecule has 0 saturated carbocycles. The highest BCUT2D eigenvalue weighted by atomic mass is 35.5. The second-order valence-electron chi connectivity index (χ2n) is 8.84. The highest BCUT2D eigenvalue weighted by Crippen LogP contribution is 2.46. The number of rotatable bonds is 4. The van der Waals surface area contributed by atoms with Gasteiger partial charge in [0.1, 0.15) is 34.3 Å². The number of fused-ring (bicyclic) bond motifs is 1. The van der Waals surface area contributed by atoms with Gasteiger partial charge >= 0.3 is 0 Å². The number of allylic oxidation sites excluding steroid dienone is 1. The van der Waals surface area contributed by atoms with Crippen LogP contribution in [0.2, 0.25) is 5.02 Å². The molecule has 1 amide bonds. The van der Waals surface area contributed by atoms with Gasteiger partial charge in [-0.05, 0) is 42.3 Å². The molecule has 1 aromatic heterocycles. The Balaban J connectivity index is 1.55. The number of aromatic nitrogens is 2. The first kappa shape index (κ1) is 23.5. The molecule has 4 N–H and O–H groups in total. The van der Waals surface area contributed by atoms with E-state index in [1.807, 2.05) is 7.05 Å². The molecule has 3 heterocycles. The summed E-state index contributed by atoms with van der Waals surface area (Å²) in [6, 6.07) is 10.8. The number of nitrogens with zero attached hydrogens (tertiary/aromatic N) is 4. The molecule has 3 aromatic rings. The Kier molecular flexibility index (Phi) is 5.52. The number of carbonyl (C=O) groups is 1. The number of nitrogen functional groups attached to an aromatic ring is 1. The van der Waals surface area contributed by atoms with Gasteiger partial charge in [-0.25, -0.2) is 19.4 Å². The number of nitrogens with one attached hydrogen (secondary N) is 1. The number of hydrogen-bond acceptors (Lipinski definition) is 7. The Morgan fingerprint density at radius 1 is 1.22 bits per heavy atom. The maximum absolute atomic E-state index is 13.3. The van der Waals surface area contributed by atoms with E-state index >= 15 is 0 Å². The zero-order chi connectivity index (χ0) is 25.8. The lowest BCUT2D eigenvalue weighted by Gasteiger charge is -2.25. The van der Waals surface area contributed by atoms with Crippen molar-refractivity contribution >= 4 is 40.6 Å². The highest BCUT2D eigenvalue weighted by Gasteiger charge is 2.48. The Hall–Kier alpha value is -4.24. The zero-order valence-electron chi connectivity index (χ0n) is 19.5. The van der Waals surface area contributed by atoms with Crippen molar-refractivity contribution in [3.8, 4) is 5.75 Å². The monoisotopic (exact) mass is 504 g/mol. The fraction of sp³-hybridized carbons (Fsp3) is 0.154. The van der Waals surface area contributed by atoms with Crippen molar-refractivity contribution in [2.45, 2.75) is 18.8 Å². The molecular weight excluding hydrogens is 483 g/mol. The van der Waals surface area contributed by atoms with Crippen LogP contribution in [0.1, 0.15) is 29.4 Å². The Morgan fingerprint density at radius 2 is 1.94 bits per heavy atom. The summed E-state index contributed by atoms with van der Waals surface area (Å²) < 4.78 is 13.3. The van der Waals surface area contributed by atoms with Gasteiger partial charge in [0.05, 0.1) is 22.0 Å². The van der Waals surface area contributed by atoms with Crippen molar-refractivity contribution in [2.75, 3.05) is 18.1 Å². The lowest BCUT2D eigenvalue weighted by molar-refractivity contribution is -0.119. The van der Waals surface area contributed by atoms with Crippen LogP contribution in [0.25, 0.3) is 5.70 Å². The van der Waals surface area contributed by atoms with Gasteiger partial charge in [-0.15, -0.1) is 0 Å². The average molecular weight is 505 g/mol. The van der Waals surface area contributed by atoms with Crippen LogP contribution < -0.4 is 11.1 Å². The maximum Gasteiger partial charge on any atom is 0.240 e. The number of halogens is 2. The standard InChI is InChI=1S/C26H22ClFN6O2/c1-13-18(10-14-4-7-16(28)8-5-14)30-19(12-34(13)3)23-31-22(29)21-24(32-23)33-25(36)26(21,2)15-6-9-17(27)20(35)11-15/h4-9,11-12,35H,1,10H2,2-3H3,(H3,29,31,32,33,36). The van der Waals surface area contributed by atoms with Crippen molar-refractivity contribution in [2.24, 2.45) is 4.99 Å². The number of nitrogens with two attached hydrogens (primary N) is 1. The molecule has 0 spiro atoms. The second kappa shape index (κ2) is 8.46. The Bertz CT molecular complexity index is 1500. The maximum atomic E-state index is 13.3. The third-order valence-corrected chi connectivity index (χ3v) is 6.81. The highest BCUT2D eigenvalue weighted by molar-refractivity contribution is 6.32. The van der Waals surface area contributed by atoms with Crippen LogP contribution >= 0.6 is 11.6 Å². The van der Waals surface area contributed by atoms with Crippen LogP contribution in [-0.4, -0.2) is 38.6 Å². The molecule has 0 fully saturated rings. The molecule has 182 valence electrons. The van der Waals surface area contributed by atoms with E-state index in [2.05, 4.69) is 21.9 Å². The fourth-order valence-electron chi connectivity index (χ4n) is 4.37. The molecule has 0 radical (unpaired) electrons. The summed E-state index contributed by atoms with van der Waals surface area (Å²) >= 11 is 5.95. The lowest BCUT2D eigenvalue weighted by Crippen LogP contribution is -2.33.